The lowest BCUT2D eigenvalue weighted by molar-refractivity contribution is 0.153. The fourth-order valence-corrected chi connectivity index (χ4v) is 3.74. The van der Waals surface area contributed by atoms with E-state index in [1.807, 2.05) is 6.07 Å². The summed E-state index contributed by atoms with van der Waals surface area (Å²) < 4.78 is 2.32. The first-order valence-corrected chi connectivity index (χ1v) is 8.02. The van der Waals surface area contributed by atoms with Crippen LogP contribution in [-0.4, -0.2) is 26.8 Å². The van der Waals surface area contributed by atoms with Crippen molar-refractivity contribution in [1.82, 2.24) is 9.55 Å². The SMILES string of the molecule is CCc1nc2ccccc2n1CCC1CCCC1(N)CO. The van der Waals surface area contributed by atoms with Crippen molar-refractivity contribution in [3.8, 4) is 0 Å². The zero-order valence-electron chi connectivity index (χ0n) is 12.8. The Morgan fingerprint density at radius 3 is 3.00 bits per heavy atom. The van der Waals surface area contributed by atoms with E-state index in [2.05, 4.69) is 29.7 Å². The predicted molar refractivity (Wildman–Crippen MR) is 85.1 cm³/mol. The largest absolute Gasteiger partial charge is 0.394 e. The van der Waals surface area contributed by atoms with Crippen molar-refractivity contribution in [3.63, 3.8) is 0 Å². The number of aromatic nitrogens is 2. The topological polar surface area (TPSA) is 64.1 Å². The molecule has 1 aliphatic carbocycles. The fourth-order valence-electron chi connectivity index (χ4n) is 3.74. The van der Waals surface area contributed by atoms with Crippen LogP contribution < -0.4 is 5.73 Å². The van der Waals surface area contributed by atoms with E-state index >= 15 is 0 Å². The van der Waals surface area contributed by atoms with Crippen molar-refractivity contribution in [1.29, 1.82) is 0 Å². The molecule has 1 heterocycles. The smallest absolute Gasteiger partial charge is 0.109 e. The molecule has 1 saturated carbocycles. The molecule has 4 heteroatoms. The molecule has 2 atom stereocenters. The summed E-state index contributed by atoms with van der Waals surface area (Å²) in [6.45, 7) is 3.19. The summed E-state index contributed by atoms with van der Waals surface area (Å²) in [4.78, 5) is 4.72. The van der Waals surface area contributed by atoms with Crippen molar-refractivity contribution in [3.05, 3.63) is 30.1 Å². The van der Waals surface area contributed by atoms with Gasteiger partial charge in [-0.25, -0.2) is 4.98 Å². The lowest BCUT2D eigenvalue weighted by atomic mass is 9.86. The summed E-state index contributed by atoms with van der Waals surface area (Å²) in [6.07, 6.45) is 5.16. The third kappa shape index (κ3) is 2.58. The van der Waals surface area contributed by atoms with Gasteiger partial charge in [-0.15, -0.1) is 0 Å². The summed E-state index contributed by atoms with van der Waals surface area (Å²) in [7, 11) is 0. The van der Waals surface area contributed by atoms with E-state index in [0.717, 1.165) is 50.0 Å². The standard InChI is InChI=1S/C17H25N3O/c1-2-16-19-14-7-3-4-8-15(14)20(16)11-9-13-6-5-10-17(13,18)12-21/h3-4,7-8,13,21H,2,5-6,9-12,18H2,1H3. The van der Waals surface area contributed by atoms with Gasteiger partial charge in [0.25, 0.3) is 0 Å². The number of hydrogen-bond donors (Lipinski definition) is 2. The van der Waals surface area contributed by atoms with E-state index in [-0.39, 0.29) is 12.1 Å². The average molecular weight is 287 g/mol. The highest BCUT2D eigenvalue weighted by Crippen LogP contribution is 2.36. The molecule has 0 radical (unpaired) electrons. The van der Waals surface area contributed by atoms with Crippen molar-refractivity contribution in [2.24, 2.45) is 11.7 Å². The van der Waals surface area contributed by atoms with Gasteiger partial charge in [-0.2, -0.15) is 0 Å². The quantitative estimate of drug-likeness (QED) is 0.888. The van der Waals surface area contributed by atoms with E-state index < -0.39 is 0 Å². The second kappa shape index (κ2) is 5.78. The first-order chi connectivity index (χ1) is 10.2. The number of nitrogens with two attached hydrogens (primary N) is 1. The highest BCUT2D eigenvalue weighted by atomic mass is 16.3. The van der Waals surface area contributed by atoms with Crippen LogP contribution >= 0.6 is 0 Å². The number of aliphatic hydroxyl groups excluding tert-OH is 1. The van der Waals surface area contributed by atoms with E-state index in [4.69, 9.17) is 10.7 Å². The monoisotopic (exact) mass is 287 g/mol. The van der Waals surface area contributed by atoms with Crippen LogP contribution in [0.25, 0.3) is 11.0 Å². The minimum atomic E-state index is -0.372. The Kier molecular flexibility index (Phi) is 4.00. The Labute approximate surface area is 126 Å². The second-order valence-electron chi connectivity index (χ2n) is 6.29. The van der Waals surface area contributed by atoms with Crippen molar-refractivity contribution in [2.45, 2.75) is 51.1 Å². The zero-order chi connectivity index (χ0) is 14.9. The Balaban J connectivity index is 1.82. The lowest BCUT2D eigenvalue weighted by Crippen LogP contribution is -2.47. The Bertz CT molecular complexity index is 622. The van der Waals surface area contributed by atoms with Gasteiger partial charge in [0.15, 0.2) is 0 Å². The van der Waals surface area contributed by atoms with Gasteiger partial charge < -0.3 is 15.4 Å². The molecule has 21 heavy (non-hydrogen) atoms. The highest BCUT2D eigenvalue weighted by molar-refractivity contribution is 5.75. The maximum Gasteiger partial charge on any atom is 0.109 e. The molecule has 0 saturated heterocycles. The summed E-state index contributed by atoms with van der Waals surface area (Å²) in [6, 6.07) is 8.31. The number of nitrogens with zero attached hydrogens (tertiary/aromatic N) is 2. The Hall–Kier alpha value is -1.39. The van der Waals surface area contributed by atoms with Crippen LogP contribution in [0.3, 0.4) is 0 Å². The lowest BCUT2D eigenvalue weighted by Gasteiger charge is -2.29. The predicted octanol–water partition coefficient (Wildman–Crippen LogP) is 2.48. The molecule has 1 aromatic carbocycles. The van der Waals surface area contributed by atoms with E-state index in [0.29, 0.717) is 5.92 Å². The van der Waals surface area contributed by atoms with Crippen molar-refractivity contribution >= 4 is 11.0 Å². The molecule has 114 valence electrons. The number of aliphatic hydroxyl groups is 1. The normalized spacial score (nSPS) is 25.8. The third-order valence-electron chi connectivity index (χ3n) is 5.05. The molecule has 0 spiro atoms. The number of rotatable bonds is 5. The Morgan fingerprint density at radius 2 is 2.24 bits per heavy atom. The number of para-hydroxylation sites is 2. The summed E-state index contributed by atoms with van der Waals surface area (Å²) >= 11 is 0. The van der Waals surface area contributed by atoms with Crippen LogP contribution in [0.15, 0.2) is 24.3 Å². The van der Waals surface area contributed by atoms with Crippen LogP contribution in [-0.2, 0) is 13.0 Å². The molecule has 0 bridgehead atoms. The van der Waals surface area contributed by atoms with Gasteiger partial charge in [0.1, 0.15) is 5.82 Å². The van der Waals surface area contributed by atoms with E-state index in [1.165, 1.54) is 5.52 Å². The first kappa shape index (κ1) is 14.5. The summed E-state index contributed by atoms with van der Waals surface area (Å²) in [5.74, 6) is 1.55. The van der Waals surface area contributed by atoms with Gasteiger partial charge in [-0.05, 0) is 37.3 Å². The van der Waals surface area contributed by atoms with Gasteiger partial charge >= 0.3 is 0 Å². The molecule has 4 nitrogen and oxygen atoms in total. The van der Waals surface area contributed by atoms with Gasteiger partial charge in [-0.1, -0.05) is 25.5 Å². The number of hydrogen-bond acceptors (Lipinski definition) is 3. The number of aryl methyl sites for hydroxylation is 2. The molecule has 1 aromatic heterocycles. The van der Waals surface area contributed by atoms with Crippen LogP contribution in [0, 0.1) is 5.92 Å². The van der Waals surface area contributed by atoms with Crippen molar-refractivity contribution in [2.75, 3.05) is 6.61 Å². The van der Waals surface area contributed by atoms with Gasteiger partial charge in [-0.3, -0.25) is 0 Å². The molecular formula is C17H25N3O. The molecule has 2 unspecified atom stereocenters. The Morgan fingerprint density at radius 1 is 1.43 bits per heavy atom. The molecule has 0 aliphatic heterocycles. The van der Waals surface area contributed by atoms with Crippen LogP contribution in [0.5, 0.6) is 0 Å². The van der Waals surface area contributed by atoms with Crippen LogP contribution in [0.2, 0.25) is 0 Å². The second-order valence-corrected chi connectivity index (χ2v) is 6.29. The molecular weight excluding hydrogens is 262 g/mol. The summed E-state index contributed by atoms with van der Waals surface area (Å²) in [5, 5.41) is 9.58. The van der Waals surface area contributed by atoms with Gasteiger partial charge in [0.2, 0.25) is 0 Å². The van der Waals surface area contributed by atoms with E-state index in [1.54, 1.807) is 0 Å². The maximum atomic E-state index is 9.58. The molecule has 3 rings (SSSR count). The molecule has 1 aliphatic rings. The highest BCUT2D eigenvalue weighted by Gasteiger charge is 2.38. The first-order valence-electron chi connectivity index (χ1n) is 8.02. The van der Waals surface area contributed by atoms with Crippen LogP contribution in [0.4, 0.5) is 0 Å². The fraction of sp³-hybridized carbons (Fsp3) is 0.588. The minimum absolute atomic E-state index is 0.100. The molecule has 0 amide bonds. The number of imidazole rings is 1. The van der Waals surface area contributed by atoms with Crippen molar-refractivity contribution < 1.29 is 5.11 Å². The van der Waals surface area contributed by atoms with E-state index in [9.17, 15) is 5.11 Å². The average Bonchev–Trinajstić information content (AvgIpc) is 3.06. The maximum absolute atomic E-state index is 9.58. The van der Waals surface area contributed by atoms with Gasteiger partial charge in [0.05, 0.1) is 17.6 Å². The van der Waals surface area contributed by atoms with Gasteiger partial charge in [0, 0.05) is 18.5 Å². The third-order valence-corrected chi connectivity index (χ3v) is 5.05. The number of benzene rings is 1. The molecule has 3 N–H and O–H groups in total. The number of fused-ring (bicyclic) bond motifs is 1. The molecule has 2 aromatic rings. The van der Waals surface area contributed by atoms with Crippen LogP contribution in [0.1, 0.15) is 38.4 Å². The summed E-state index contributed by atoms with van der Waals surface area (Å²) in [5.41, 5.74) is 8.26. The minimum Gasteiger partial charge on any atom is -0.394 e. The molecule has 1 fully saturated rings. The zero-order valence-corrected chi connectivity index (χ0v) is 12.8.